The molecular formula is C27H26N2O6S. The maximum absolute atomic E-state index is 12.7. The predicted molar refractivity (Wildman–Crippen MR) is 138 cm³/mol. The first-order chi connectivity index (χ1) is 17.3. The zero-order chi connectivity index (χ0) is 25.8. The molecule has 0 N–H and O–H groups in total. The Hall–Kier alpha value is -3.98. The van der Waals surface area contributed by atoms with Gasteiger partial charge in [0.2, 0.25) is 0 Å². The van der Waals surface area contributed by atoms with Gasteiger partial charge in [-0.3, -0.25) is 19.3 Å². The molecule has 3 aromatic rings. The Bertz CT molecular complexity index is 1330. The van der Waals surface area contributed by atoms with Gasteiger partial charge in [-0.25, -0.2) is 0 Å². The summed E-state index contributed by atoms with van der Waals surface area (Å²) in [6.45, 7) is 5.39. The van der Waals surface area contributed by atoms with Crippen LogP contribution in [0.3, 0.4) is 0 Å². The largest absolute Gasteiger partial charge is 0.497 e. The summed E-state index contributed by atoms with van der Waals surface area (Å²) in [5, 5.41) is -0.486. The molecule has 0 unspecified atom stereocenters. The number of ether oxygens (including phenoxy) is 3. The third kappa shape index (κ3) is 5.31. The number of amides is 2. The highest BCUT2D eigenvalue weighted by Crippen LogP contribution is 2.34. The number of imide groups is 1. The topological polar surface area (TPSA) is 87.1 Å². The number of methoxy groups -OCH3 is 1. The van der Waals surface area contributed by atoms with Crippen molar-refractivity contribution in [3.8, 4) is 22.9 Å². The quantitative estimate of drug-likeness (QED) is 0.295. The van der Waals surface area contributed by atoms with Crippen molar-refractivity contribution in [1.82, 2.24) is 9.47 Å². The first kappa shape index (κ1) is 25.1. The van der Waals surface area contributed by atoms with E-state index in [0.717, 1.165) is 45.1 Å². The number of rotatable bonds is 8. The molecule has 4 rings (SSSR count). The second-order valence-corrected chi connectivity index (χ2v) is 9.00. The van der Waals surface area contributed by atoms with Crippen molar-refractivity contribution in [2.75, 3.05) is 20.3 Å². The lowest BCUT2D eigenvalue weighted by atomic mass is 10.2. The standard InChI is InChI=1S/C27H26N2O6S/c1-5-34-25(30)16-28-26(31)24(36-27(28)32)15-19-14-17(2)29(18(19)3)20-6-8-22(9-7-20)35-23-12-10-21(33-4)11-13-23/h6-15H,5,16H2,1-4H3/b24-15-. The van der Waals surface area contributed by atoms with Gasteiger partial charge < -0.3 is 18.8 Å². The van der Waals surface area contributed by atoms with Crippen molar-refractivity contribution in [2.24, 2.45) is 0 Å². The Morgan fingerprint density at radius 2 is 1.58 bits per heavy atom. The molecular weight excluding hydrogens is 480 g/mol. The van der Waals surface area contributed by atoms with Crippen LogP contribution in [0.2, 0.25) is 0 Å². The molecule has 1 fully saturated rings. The number of aryl methyl sites for hydroxylation is 1. The molecule has 9 heteroatoms. The molecule has 2 amide bonds. The maximum atomic E-state index is 12.7. The predicted octanol–water partition coefficient (Wildman–Crippen LogP) is 5.49. The number of carbonyl (C=O) groups is 3. The Kier molecular flexibility index (Phi) is 7.49. The molecule has 1 aromatic heterocycles. The molecule has 1 saturated heterocycles. The highest BCUT2D eigenvalue weighted by Gasteiger charge is 2.36. The highest BCUT2D eigenvalue weighted by molar-refractivity contribution is 8.18. The van der Waals surface area contributed by atoms with Crippen LogP contribution in [-0.2, 0) is 14.3 Å². The third-order valence-corrected chi connectivity index (χ3v) is 6.52. The molecule has 0 saturated carbocycles. The zero-order valence-corrected chi connectivity index (χ0v) is 21.3. The monoisotopic (exact) mass is 506 g/mol. The summed E-state index contributed by atoms with van der Waals surface area (Å²) in [6.07, 6.45) is 1.69. The van der Waals surface area contributed by atoms with Crippen LogP contribution in [-0.4, -0.2) is 46.8 Å². The van der Waals surface area contributed by atoms with Crippen LogP contribution >= 0.6 is 11.8 Å². The van der Waals surface area contributed by atoms with E-state index in [1.165, 1.54) is 0 Å². The van der Waals surface area contributed by atoms with Gasteiger partial charge in [0.15, 0.2) is 0 Å². The van der Waals surface area contributed by atoms with Gasteiger partial charge in [-0.1, -0.05) is 0 Å². The van der Waals surface area contributed by atoms with Gasteiger partial charge in [0.1, 0.15) is 23.8 Å². The summed E-state index contributed by atoms with van der Waals surface area (Å²) in [4.78, 5) is 38.0. The third-order valence-electron chi connectivity index (χ3n) is 5.61. The number of esters is 1. The Morgan fingerprint density at radius 1 is 0.972 bits per heavy atom. The van der Waals surface area contributed by atoms with Gasteiger partial charge in [-0.05, 0) is 98.8 Å². The molecule has 8 nitrogen and oxygen atoms in total. The van der Waals surface area contributed by atoms with Gasteiger partial charge >= 0.3 is 5.97 Å². The van der Waals surface area contributed by atoms with Crippen LogP contribution in [0.1, 0.15) is 23.9 Å². The summed E-state index contributed by atoms with van der Waals surface area (Å²) in [5.74, 6) is 1.05. The fraction of sp³-hybridized carbons (Fsp3) is 0.222. The normalized spacial score (nSPS) is 14.4. The molecule has 186 valence electrons. The summed E-state index contributed by atoms with van der Waals surface area (Å²) in [5.41, 5.74) is 3.62. The number of hydrogen-bond acceptors (Lipinski definition) is 7. The highest BCUT2D eigenvalue weighted by atomic mass is 32.2. The van der Waals surface area contributed by atoms with Crippen molar-refractivity contribution in [3.63, 3.8) is 0 Å². The zero-order valence-electron chi connectivity index (χ0n) is 20.4. The van der Waals surface area contributed by atoms with E-state index in [1.54, 1.807) is 20.1 Å². The molecule has 2 heterocycles. The minimum atomic E-state index is -0.612. The van der Waals surface area contributed by atoms with Gasteiger partial charge in [-0.15, -0.1) is 0 Å². The molecule has 0 spiro atoms. The molecule has 0 atom stereocenters. The lowest BCUT2D eigenvalue weighted by Gasteiger charge is -2.12. The van der Waals surface area contributed by atoms with Crippen LogP contribution < -0.4 is 9.47 Å². The van der Waals surface area contributed by atoms with Crippen molar-refractivity contribution in [1.29, 1.82) is 0 Å². The van der Waals surface area contributed by atoms with Gasteiger partial charge in [0, 0.05) is 17.1 Å². The Labute approximate surface area is 213 Å². The molecule has 36 heavy (non-hydrogen) atoms. The summed E-state index contributed by atoms with van der Waals surface area (Å²) in [6, 6.07) is 17.0. The van der Waals surface area contributed by atoms with E-state index < -0.39 is 17.1 Å². The SMILES string of the molecule is CCOC(=O)CN1C(=O)S/C(=C\c2cc(C)n(-c3ccc(Oc4ccc(OC)cc4)cc3)c2C)C1=O. The summed E-state index contributed by atoms with van der Waals surface area (Å²) in [7, 11) is 1.62. The van der Waals surface area contributed by atoms with Crippen LogP contribution in [0.15, 0.2) is 59.5 Å². The number of carbonyl (C=O) groups excluding carboxylic acids is 3. The fourth-order valence-corrected chi connectivity index (χ4v) is 4.72. The Balaban J connectivity index is 1.52. The number of benzene rings is 2. The van der Waals surface area contributed by atoms with E-state index >= 15 is 0 Å². The minimum absolute atomic E-state index is 0.186. The molecule has 1 aliphatic heterocycles. The molecule has 0 aliphatic carbocycles. The van der Waals surface area contributed by atoms with Gasteiger partial charge in [0.05, 0.1) is 18.6 Å². The van der Waals surface area contributed by atoms with E-state index in [0.29, 0.717) is 11.5 Å². The van der Waals surface area contributed by atoms with Gasteiger partial charge in [0.25, 0.3) is 11.1 Å². The van der Waals surface area contributed by atoms with E-state index in [-0.39, 0.29) is 18.1 Å². The van der Waals surface area contributed by atoms with Crippen LogP contribution in [0.25, 0.3) is 11.8 Å². The number of hydrogen-bond donors (Lipinski definition) is 0. The average Bonchev–Trinajstić information content (AvgIpc) is 3.29. The second kappa shape index (κ2) is 10.7. The first-order valence-corrected chi connectivity index (χ1v) is 12.1. The summed E-state index contributed by atoms with van der Waals surface area (Å²) >= 11 is 0.819. The minimum Gasteiger partial charge on any atom is -0.497 e. The number of thioether (sulfide) groups is 1. The van der Waals surface area contributed by atoms with E-state index in [9.17, 15) is 14.4 Å². The molecule has 0 bridgehead atoms. The number of nitrogens with zero attached hydrogens (tertiary/aromatic N) is 2. The van der Waals surface area contributed by atoms with Crippen molar-refractivity contribution in [3.05, 3.63) is 76.5 Å². The van der Waals surface area contributed by atoms with Gasteiger partial charge in [-0.2, -0.15) is 0 Å². The molecule has 0 radical (unpaired) electrons. The smallest absolute Gasteiger partial charge is 0.326 e. The van der Waals surface area contributed by atoms with Crippen LogP contribution in [0.4, 0.5) is 4.79 Å². The maximum Gasteiger partial charge on any atom is 0.326 e. The van der Waals surface area contributed by atoms with E-state index in [2.05, 4.69) is 4.57 Å². The lowest BCUT2D eigenvalue weighted by molar-refractivity contribution is -0.145. The fourth-order valence-electron chi connectivity index (χ4n) is 3.89. The van der Waals surface area contributed by atoms with Crippen molar-refractivity contribution >= 4 is 35.0 Å². The molecule has 1 aliphatic rings. The van der Waals surface area contributed by atoms with E-state index in [1.807, 2.05) is 68.4 Å². The second-order valence-electron chi connectivity index (χ2n) is 8.01. The number of aromatic nitrogens is 1. The van der Waals surface area contributed by atoms with E-state index in [4.69, 9.17) is 14.2 Å². The van der Waals surface area contributed by atoms with Crippen molar-refractivity contribution < 1.29 is 28.6 Å². The van der Waals surface area contributed by atoms with Crippen LogP contribution in [0, 0.1) is 13.8 Å². The van der Waals surface area contributed by atoms with Crippen molar-refractivity contribution in [2.45, 2.75) is 20.8 Å². The molecule has 2 aromatic carbocycles. The summed E-state index contributed by atoms with van der Waals surface area (Å²) < 4.78 is 18.0. The Morgan fingerprint density at radius 3 is 2.19 bits per heavy atom. The first-order valence-electron chi connectivity index (χ1n) is 11.3. The lowest BCUT2D eigenvalue weighted by Crippen LogP contribution is -2.34. The van der Waals surface area contributed by atoms with Crippen LogP contribution in [0.5, 0.6) is 17.2 Å². The average molecular weight is 507 g/mol.